The smallest absolute Gasteiger partial charge is 0.348 e. The van der Waals surface area contributed by atoms with E-state index in [9.17, 15) is 14.7 Å². The number of carbonyl (C=O) groups excluding carboxylic acids is 1. The predicted octanol–water partition coefficient (Wildman–Crippen LogP) is 2.62. The van der Waals surface area contributed by atoms with Gasteiger partial charge in [0, 0.05) is 12.6 Å². The van der Waals surface area contributed by atoms with Gasteiger partial charge in [-0.25, -0.2) is 9.78 Å². The SMILES string of the molecule is C#CCOC[C@@H](O)CN(Cc1nc2sc(C(=O)OCC)c(C)c2c(=O)[nH]1)C1CCCCC1. The number of hydrogen-bond acceptors (Lipinski definition) is 8. The molecule has 1 aliphatic carbocycles. The highest BCUT2D eigenvalue weighted by Gasteiger charge is 2.25. The van der Waals surface area contributed by atoms with E-state index in [1.807, 2.05) is 0 Å². The van der Waals surface area contributed by atoms with Crippen LogP contribution in [0.25, 0.3) is 10.2 Å². The van der Waals surface area contributed by atoms with Gasteiger partial charge < -0.3 is 19.6 Å². The van der Waals surface area contributed by atoms with Crippen LogP contribution in [0.3, 0.4) is 0 Å². The average Bonchev–Trinajstić information content (AvgIpc) is 3.11. The number of rotatable bonds is 10. The first-order valence-corrected chi connectivity index (χ1v) is 11.9. The second-order valence-corrected chi connectivity index (χ2v) is 9.06. The van der Waals surface area contributed by atoms with E-state index in [1.165, 1.54) is 17.8 Å². The summed E-state index contributed by atoms with van der Waals surface area (Å²) >= 11 is 1.18. The van der Waals surface area contributed by atoms with Crippen molar-refractivity contribution in [1.29, 1.82) is 0 Å². The number of H-pyrrole nitrogens is 1. The van der Waals surface area contributed by atoms with E-state index in [4.69, 9.17) is 15.9 Å². The van der Waals surface area contributed by atoms with Gasteiger partial charge in [-0.3, -0.25) is 9.69 Å². The molecule has 0 saturated heterocycles. The molecule has 0 spiro atoms. The van der Waals surface area contributed by atoms with Gasteiger partial charge in [0.05, 0.1) is 31.2 Å². The number of esters is 1. The number of fused-ring (bicyclic) bond motifs is 1. The van der Waals surface area contributed by atoms with Crippen molar-refractivity contribution in [1.82, 2.24) is 14.9 Å². The van der Waals surface area contributed by atoms with Crippen LogP contribution in [0, 0.1) is 19.3 Å². The fraction of sp³-hybridized carbons (Fsp3) is 0.609. The van der Waals surface area contributed by atoms with Crippen LogP contribution in [-0.2, 0) is 16.0 Å². The van der Waals surface area contributed by atoms with Crippen LogP contribution in [0.2, 0.25) is 0 Å². The fourth-order valence-electron chi connectivity index (χ4n) is 4.21. The van der Waals surface area contributed by atoms with Crippen molar-refractivity contribution < 1.29 is 19.4 Å². The summed E-state index contributed by atoms with van der Waals surface area (Å²) in [4.78, 5) is 35.7. The Morgan fingerprint density at radius 1 is 1.41 bits per heavy atom. The first kappa shape index (κ1) is 24.4. The molecular weight excluding hydrogens is 430 g/mol. The maximum Gasteiger partial charge on any atom is 0.348 e. The number of aliphatic hydroxyl groups is 1. The average molecular weight is 462 g/mol. The Bertz CT molecular complexity index is 1020. The van der Waals surface area contributed by atoms with Gasteiger partial charge in [-0.05, 0) is 32.3 Å². The number of hydrogen-bond donors (Lipinski definition) is 2. The van der Waals surface area contributed by atoms with Crippen LogP contribution in [-0.4, -0.2) is 64.5 Å². The Balaban J connectivity index is 1.84. The Kier molecular flexibility index (Phi) is 8.82. The van der Waals surface area contributed by atoms with Gasteiger partial charge in [-0.15, -0.1) is 17.8 Å². The molecule has 32 heavy (non-hydrogen) atoms. The summed E-state index contributed by atoms with van der Waals surface area (Å²) in [6.07, 6.45) is 10.1. The standard InChI is InChI=1S/C23H31N3O5S/c1-4-11-30-14-17(27)12-26(16-9-7-6-8-10-16)13-18-24-21(28)19-15(3)20(23(29)31-5-2)32-22(19)25-18/h1,16-17,27H,5-14H2,2-3H3,(H,24,25,28)/t17-/m0/s1. The van der Waals surface area contributed by atoms with Crippen molar-refractivity contribution in [3.63, 3.8) is 0 Å². The number of nitrogens with one attached hydrogen (secondary N) is 1. The third-order valence-electron chi connectivity index (χ3n) is 5.70. The molecule has 2 heterocycles. The Labute approximate surface area is 191 Å². The molecule has 0 amide bonds. The maximum atomic E-state index is 12.8. The molecule has 1 atom stereocenters. The van der Waals surface area contributed by atoms with Crippen molar-refractivity contribution >= 4 is 27.5 Å². The third kappa shape index (κ3) is 5.95. The normalized spacial score (nSPS) is 15.7. The molecule has 0 aliphatic heterocycles. The van der Waals surface area contributed by atoms with Gasteiger partial charge in [0.2, 0.25) is 0 Å². The van der Waals surface area contributed by atoms with Gasteiger partial charge in [-0.2, -0.15) is 0 Å². The summed E-state index contributed by atoms with van der Waals surface area (Å²) in [6, 6.07) is 0.298. The lowest BCUT2D eigenvalue weighted by atomic mass is 9.94. The van der Waals surface area contributed by atoms with Crippen molar-refractivity contribution in [2.75, 3.05) is 26.4 Å². The lowest BCUT2D eigenvalue weighted by molar-refractivity contribution is 0.00995. The van der Waals surface area contributed by atoms with Crippen LogP contribution in [0.15, 0.2) is 4.79 Å². The second-order valence-electron chi connectivity index (χ2n) is 8.06. The summed E-state index contributed by atoms with van der Waals surface area (Å²) in [6.45, 7) is 4.86. The van der Waals surface area contributed by atoms with Crippen molar-refractivity contribution in [3.8, 4) is 12.3 Å². The molecule has 2 N–H and O–H groups in total. The summed E-state index contributed by atoms with van der Waals surface area (Å²) in [5.74, 6) is 2.47. The zero-order valence-corrected chi connectivity index (χ0v) is 19.5. The van der Waals surface area contributed by atoms with Gasteiger partial charge in [0.1, 0.15) is 22.1 Å². The highest BCUT2D eigenvalue weighted by molar-refractivity contribution is 7.20. The molecule has 1 aliphatic rings. The molecule has 2 aromatic heterocycles. The largest absolute Gasteiger partial charge is 0.462 e. The topological polar surface area (TPSA) is 105 Å². The minimum atomic E-state index is -0.694. The van der Waals surface area contributed by atoms with E-state index >= 15 is 0 Å². The second kappa shape index (κ2) is 11.6. The number of carbonyl (C=O) groups is 1. The molecule has 0 bridgehead atoms. The Morgan fingerprint density at radius 2 is 2.16 bits per heavy atom. The fourth-order valence-corrected chi connectivity index (χ4v) is 5.31. The first-order valence-electron chi connectivity index (χ1n) is 11.1. The predicted molar refractivity (Wildman–Crippen MR) is 124 cm³/mol. The molecule has 0 radical (unpaired) electrons. The molecule has 1 saturated carbocycles. The van der Waals surface area contributed by atoms with E-state index in [2.05, 4.69) is 20.8 Å². The van der Waals surface area contributed by atoms with E-state index in [0.29, 0.717) is 45.6 Å². The lowest BCUT2D eigenvalue weighted by Gasteiger charge is -2.35. The summed E-state index contributed by atoms with van der Waals surface area (Å²) < 4.78 is 10.4. The molecule has 0 aromatic carbocycles. The van der Waals surface area contributed by atoms with Gasteiger partial charge >= 0.3 is 5.97 Å². The van der Waals surface area contributed by atoms with Crippen molar-refractivity contribution in [2.24, 2.45) is 0 Å². The first-order chi connectivity index (χ1) is 15.4. The summed E-state index contributed by atoms with van der Waals surface area (Å²) in [5.41, 5.74) is 0.324. The number of thiophene rings is 1. The number of terminal acetylenes is 1. The minimum absolute atomic E-state index is 0.156. The molecule has 9 heteroatoms. The summed E-state index contributed by atoms with van der Waals surface area (Å²) in [7, 11) is 0. The maximum absolute atomic E-state index is 12.8. The Hall–Kier alpha value is -2.25. The van der Waals surface area contributed by atoms with Crippen LogP contribution >= 0.6 is 11.3 Å². The molecule has 0 unspecified atom stereocenters. The number of nitrogens with zero attached hydrogens (tertiary/aromatic N) is 2. The van der Waals surface area contributed by atoms with E-state index in [0.717, 1.165) is 25.7 Å². The van der Waals surface area contributed by atoms with Gasteiger partial charge in [0.15, 0.2) is 0 Å². The molecule has 8 nitrogen and oxygen atoms in total. The minimum Gasteiger partial charge on any atom is -0.462 e. The van der Waals surface area contributed by atoms with Gasteiger partial charge in [0.25, 0.3) is 5.56 Å². The van der Waals surface area contributed by atoms with E-state index < -0.39 is 12.1 Å². The van der Waals surface area contributed by atoms with Crippen LogP contribution in [0.5, 0.6) is 0 Å². The zero-order valence-electron chi connectivity index (χ0n) is 18.7. The number of aliphatic hydroxyl groups excluding tert-OH is 1. The van der Waals surface area contributed by atoms with Crippen LogP contribution in [0.4, 0.5) is 0 Å². The number of aromatic nitrogens is 2. The molecule has 174 valence electrons. The molecule has 2 aromatic rings. The monoisotopic (exact) mass is 461 g/mol. The van der Waals surface area contributed by atoms with Crippen LogP contribution in [0.1, 0.15) is 60.1 Å². The highest BCUT2D eigenvalue weighted by atomic mass is 32.1. The van der Waals surface area contributed by atoms with Gasteiger partial charge in [-0.1, -0.05) is 25.2 Å². The number of ether oxygens (including phenoxy) is 2. The summed E-state index contributed by atoms with van der Waals surface area (Å²) in [5, 5.41) is 10.9. The van der Waals surface area contributed by atoms with E-state index in [1.54, 1.807) is 13.8 Å². The lowest BCUT2D eigenvalue weighted by Crippen LogP contribution is -2.43. The molecule has 1 fully saturated rings. The van der Waals surface area contributed by atoms with Crippen molar-refractivity contribution in [2.45, 2.75) is 64.6 Å². The quantitative estimate of drug-likeness (QED) is 0.318. The van der Waals surface area contributed by atoms with Crippen molar-refractivity contribution in [3.05, 3.63) is 26.6 Å². The van der Waals surface area contributed by atoms with Crippen LogP contribution < -0.4 is 5.56 Å². The Morgan fingerprint density at radius 3 is 2.84 bits per heavy atom. The number of aromatic amines is 1. The molecule has 3 rings (SSSR count). The molecular formula is C23H31N3O5S. The number of aryl methyl sites for hydroxylation is 1. The van der Waals surface area contributed by atoms with E-state index in [-0.39, 0.29) is 25.4 Å². The zero-order chi connectivity index (χ0) is 23.1. The third-order valence-corrected chi connectivity index (χ3v) is 6.86. The highest BCUT2D eigenvalue weighted by Crippen LogP contribution is 2.28.